The standard InChI is InChI=1S/C16H24BrNO/c1-18-10-14-7-8-15(16(17)9-14)12-19-11-13-5-3-2-4-6-13/h7-9,13,18H,2-6,10-12H2,1H3. The third-order valence-electron chi connectivity index (χ3n) is 3.83. The van der Waals surface area contributed by atoms with Crippen molar-refractivity contribution in [2.45, 2.75) is 45.3 Å². The predicted molar refractivity (Wildman–Crippen MR) is 83.1 cm³/mol. The zero-order chi connectivity index (χ0) is 13.5. The number of halogens is 1. The van der Waals surface area contributed by atoms with E-state index in [1.807, 2.05) is 7.05 Å². The molecule has 0 aromatic heterocycles. The second kappa shape index (κ2) is 8.03. The summed E-state index contributed by atoms with van der Waals surface area (Å²) in [5, 5.41) is 3.16. The molecule has 0 atom stereocenters. The van der Waals surface area contributed by atoms with Crippen LogP contribution in [0, 0.1) is 5.92 Å². The molecule has 1 N–H and O–H groups in total. The first-order valence-corrected chi connectivity index (χ1v) is 8.08. The highest BCUT2D eigenvalue weighted by molar-refractivity contribution is 9.10. The lowest BCUT2D eigenvalue weighted by Crippen LogP contribution is -2.13. The summed E-state index contributed by atoms with van der Waals surface area (Å²) in [5.74, 6) is 0.788. The van der Waals surface area contributed by atoms with Gasteiger partial charge in [0.25, 0.3) is 0 Å². The number of ether oxygens (including phenoxy) is 1. The SMILES string of the molecule is CNCc1ccc(COCC2CCCCC2)c(Br)c1. The summed E-state index contributed by atoms with van der Waals surface area (Å²) < 4.78 is 7.05. The molecule has 106 valence electrons. The molecule has 1 aromatic rings. The number of rotatable bonds is 6. The van der Waals surface area contributed by atoms with Crippen LogP contribution in [-0.2, 0) is 17.9 Å². The Kier molecular flexibility index (Phi) is 6.35. The summed E-state index contributed by atoms with van der Waals surface area (Å²) in [6.45, 7) is 2.55. The highest BCUT2D eigenvalue weighted by atomic mass is 79.9. The fourth-order valence-corrected chi connectivity index (χ4v) is 3.25. The van der Waals surface area contributed by atoms with Gasteiger partial charge in [0, 0.05) is 17.6 Å². The molecule has 3 heteroatoms. The van der Waals surface area contributed by atoms with Crippen molar-refractivity contribution >= 4 is 15.9 Å². The van der Waals surface area contributed by atoms with Crippen molar-refractivity contribution in [1.82, 2.24) is 5.32 Å². The molecular weight excluding hydrogens is 302 g/mol. The van der Waals surface area contributed by atoms with Crippen molar-refractivity contribution in [3.63, 3.8) is 0 Å². The summed E-state index contributed by atoms with van der Waals surface area (Å²) in [5.41, 5.74) is 2.54. The van der Waals surface area contributed by atoms with Crippen molar-refractivity contribution in [2.75, 3.05) is 13.7 Å². The topological polar surface area (TPSA) is 21.3 Å². The second-order valence-corrected chi connectivity index (χ2v) is 6.33. The summed E-state index contributed by atoms with van der Waals surface area (Å²) in [6, 6.07) is 6.51. The van der Waals surface area contributed by atoms with Gasteiger partial charge in [0.15, 0.2) is 0 Å². The Hall–Kier alpha value is -0.380. The third kappa shape index (κ3) is 4.90. The first kappa shape index (κ1) is 15.0. The van der Waals surface area contributed by atoms with Crippen LogP contribution in [0.15, 0.2) is 22.7 Å². The molecule has 19 heavy (non-hydrogen) atoms. The Morgan fingerprint density at radius 2 is 2.05 bits per heavy atom. The van der Waals surface area contributed by atoms with Crippen LogP contribution in [0.2, 0.25) is 0 Å². The maximum atomic E-state index is 5.89. The van der Waals surface area contributed by atoms with Crippen LogP contribution < -0.4 is 5.32 Å². The smallest absolute Gasteiger partial charge is 0.0727 e. The molecule has 0 bridgehead atoms. The van der Waals surface area contributed by atoms with E-state index in [1.54, 1.807) is 0 Å². The maximum absolute atomic E-state index is 5.89. The van der Waals surface area contributed by atoms with Crippen molar-refractivity contribution < 1.29 is 4.74 Å². The van der Waals surface area contributed by atoms with E-state index >= 15 is 0 Å². The normalized spacial score (nSPS) is 16.7. The van der Waals surface area contributed by atoms with Gasteiger partial charge in [0.05, 0.1) is 6.61 Å². The Bertz CT molecular complexity index is 388. The van der Waals surface area contributed by atoms with Gasteiger partial charge in [-0.05, 0) is 43.0 Å². The minimum Gasteiger partial charge on any atom is -0.376 e. The van der Waals surface area contributed by atoms with Crippen LogP contribution in [-0.4, -0.2) is 13.7 Å². The number of hydrogen-bond donors (Lipinski definition) is 1. The monoisotopic (exact) mass is 325 g/mol. The molecule has 2 nitrogen and oxygen atoms in total. The fourth-order valence-electron chi connectivity index (χ4n) is 2.71. The summed E-state index contributed by atoms with van der Waals surface area (Å²) in [7, 11) is 1.97. The van der Waals surface area contributed by atoms with Crippen LogP contribution in [0.1, 0.15) is 43.2 Å². The average molecular weight is 326 g/mol. The van der Waals surface area contributed by atoms with E-state index in [0.717, 1.165) is 30.1 Å². The van der Waals surface area contributed by atoms with Gasteiger partial charge in [-0.3, -0.25) is 0 Å². The van der Waals surface area contributed by atoms with Crippen molar-refractivity contribution in [3.8, 4) is 0 Å². The predicted octanol–water partition coefficient (Wildman–Crippen LogP) is 4.27. The number of nitrogens with one attached hydrogen (secondary N) is 1. The Labute approximate surface area is 125 Å². The molecule has 1 aromatic carbocycles. The molecule has 1 aliphatic carbocycles. The average Bonchev–Trinajstić information content (AvgIpc) is 2.43. The molecule has 1 aliphatic rings. The quantitative estimate of drug-likeness (QED) is 0.843. The van der Waals surface area contributed by atoms with E-state index in [1.165, 1.54) is 43.2 Å². The largest absolute Gasteiger partial charge is 0.376 e. The van der Waals surface area contributed by atoms with Gasteiger partial charge in [0.1, 0.15) is 0 Å². The molecule has 0 unspecified atom stereocenters. The zero-order valence-corrected chi connectivity index (χ0v) is 13.3. The van der Waals surface area contributed by atoms with Crippen molar-refractivity contribution in [3.05, 3.63) is 33.8 Å². The van der Waals surface area contributed by atoms with E-state index in [9.17, 15) is 0 Å². The molecule has 0 amide bonds. The minimum absolute atomic E-state index is 0.719. The van der Waals surface area contributed by atoms with Gasteiger partial charge in [0.2, 0.25) is 0 Å². The zero-order valence-electron chi connectivity index (χ0n) is 11.8. The summed E-state index contributed by atoms with van der Waals surface area (Å²) in [4.78, 5) is 0. The summed E-state index contributed by atoms with van der Waals surface area (Å²) in [6.07, 6.45) is 6.88. The van der Waals surface area contributed by atoms with Crippen LogP contribution in [0.4, 0.5) is 0 Å². The lowest BCUT2D eigenvalue weighted by Gasteiger charge is -2.21. The molecular formula is C16H24BrNO. The Balaban J connectivity index is 1.78. The Morgan fingerprint density at radius 1 is 1.26 bits per heavy atom. The number of benzene rings is 1. The molecule has 2 rings (SSSR count). The van der Waals surface area contributed by atoms with Gasteiger partial charge in [-0.1, -0.05) is 47.3 Å². The molecule has 0 aliphatic heterocycles. The lowest BCUT2D eigenvalue weighted by molar-refractivity contribution is 0.0736. The molecule has 1 saturated carbocycles. The van der Waals surface area contributed by atoms with Gasteiger partial charge in [-0.2, -0.15) is 0 Å². The van der Waals surface area contributed by atoms with E-state index in [0.29, 0.717) is 0 Å². The lowest BCUT2D eigenvalue weighted by atomic mass is 9.90. The van der Waals surface area contributed by atoms with Crippen LogP contribution >= 0.6 is 15.9 Å². The molecule has 1 fully saturated rings. The minimum atomic E-state index is 0.719. The first-order valence-electron chi connectivity index (χ1n) is 7.29. The van der Waals surface area contributed by atoms with Crippen LogP contribution in [0.25, 0.3) is 0 Å². The third-order valence-corrected chi connectivity index (χ3v) is 4.57. The Morgan fingerprint density at radius 3 is 2.74 bits per heavy atom. The first-order chi connectivity index (χ1) is 9.29. The van der Waals surface area contributed by atoms with E-state index in [-0.39, 0.29) is 0 Å². The highest BCUT2D eigenvalue weighted by Crippen LogP contribution is 2.25. The molecule has 0 saturated heterocycles. The maximum Gasteiger partial charge on any atom is 0.0727 e. The second-order valence-electron chi connectivity index (χ2n) is 5.48. The summed E-state index contributed by atoms with van der Waals surface area (Å²) >= 11 is 3.64. The molecule has 0 spiro atoms. The van der Waals surface area contributed by atoms with E-state index in [4.69, 9.17) is 4.74 Å². The van der Waals surface area contributed by atoms with E-state index < -0.39 is 0 Å². The molecule has 0 heterocycles. The fraction of sp³-hybridized carbons (Fsp3) is 0.625. The number of hydrogen-bond acceptors (Lipinski definition) is 2. The van der Waals surface area contributed by atoms with Gasteiger partial charge in [-0.25, -0.2) is 0 Å². The van der Waals surface area contributed by atoms with Gasteiger partial charge >= 0.3 is 0 Å². The van der Waals surface area contributed by atoms with Crippen molar-refractivity contribution in [1.29, 1.82) is 0 Å². The van der Waals surface area contributed by atoms with Crippen LogP contribution in [0.3, 0.4) is 0 Å². The van der Waals surface area contributed by atoms with Gasteiger partial charge < -0.3 is 10.1 Å². The van der Waals surface area contributed by atoms with E-state index in [2.05, 4.69) is 39.4 Å². The highest BCUT2D eigenvalue weighted by Gasteiger charge is 2.13. The molecule has 0 radical (unpaired) electrons. The van der Waals surface area contributed by atoms with Crippen molar-refractivity contribution in [2.24, 2.45) is 5.92 Å². The van der Waals surface area contributed by atoms with Crippen LogP contribution in [0.5, 0.6) is 0 Å². The van der Waals surface area contributed by atoms with Gasteiger partial charge in [-0.15, -0.1) is 0 Å².